The molecular weight excluding hydrogens is 238 g/mol. The number of aromatic nitrogens is 1. The number of pyridine rings is 1. The number of nitrogens with zero attached hydrogens (tertiary/aromatic N) is 1. The Morgan fingerprint density at radius 3 is 2.79 bits per heavy atom. The predicted octanol–water partition coefficient (Wildman–Crippen LogP) is 2.66. The number of anilines is 1. The molecule has 1 saturated carbocycles. The van der Waals surface area contributed by atoms with Crippen molar-refractivity contribution >= 4 is 5.69 Å². The van der Waals surface area contributed by atoms with E-state index in [1.165, 1.54) is 12.8 Å². The molecule has 0 saturated heterocycles. The zero-order chi connectivity index (χ0) is 13.7. The van der Waals surface area contributed by atoms with Gasteiger partial charge in [-0.3, -0.25) is 4.98 Å². The lowest BCUT2D eigenvalue weighted by atomic mass is 9.86. The fourth-order valence-electron chi connectivity index (χ4n) is 3.11. The quantitative estimate of drug-likeness (QED) is 0.828. The van der Waals surface area contributed by atoms with Crippen LogP contribution in [0, 0.1) is 0 Å². The van der Waals surface area contributed by atoms with Gasteiger partial charge in [0.15, 0.2) is 0 Å². The second-order valence-corrected chi connectivity index (χ2v) is 5.37. The van der Waals surface area contributed by atoms with Crippen LogP contribution < -0.4 is 11.1 Å². The zero-order valence-corrected chi connectivity index (χ0v) is 12.0. The summed E-state index contributed by atoms with van der Waals surface area (Å²) in [6.45, 7) is 3.13. The summed E-state index contributed by atoms with van der Waals surface area (Å²) in [6.07, 6.45) is 9.32. The van der Waals surface area contributed by atoms with Gasteiger partial charge < -0.3 is 15.8 Å². The standard InChI is InChI=1S/C15H25N3O/c1-3-9-18-14(12-11-17-10-6-13(12)16)15(19-2)7-4-5-8-15/h6,10-11,14,18H,3-5,7-9H2,1-2H3,(H2,16,17). The van der Waals surface area contributed by atoms with E-state index in [1.54, 1.807) is 6.20 Å². The smallest absolute Gasteiger partial charge is 0.0873 e. The van der Waals surface area contributed by atoms with Gasteiger partial charge in [0.1, 0.15) is 0 Å². The van der Waals surface area contributed by atoms with Gasteiger partial charge in [0, 0.05) is 30.8 Å². The Morgan fingerprint density at radius 2 is 2.21 bits per heavy atom. The number of rotatable bonds is 6. The lowest BCUT2D eigenvalue weighted by Crippen LogP contribution is -2.44. The molecule has 1 atom stereocenters. The van der Waals surface area contributed by atoms with E-state index in [2.05, 4.69) is 17.2 Å². The average molecular weight is 263 g/mol. The van der Waals surface area contributed by atoms with Gasteiger partial charge in [0.25, 0.3) is 0 Å². The minimum atomic E-state index is -0.133. The number of methoxy groups -OCH3 is 1. The van der Waals surface area contributed by atoms with Crippen molar-refractivity contribution in [2.45, 2.75) is 50.7 Å². The topological polar surface area (TPSA) is 60.2 Å². The van der Waals surface area contributed by atoms with E-state index >= 15 is 0 Å². The third-order valence-electron chi connectivity index (χ3n) is 4.18. The Labute approximate surface area is 115 Å². The minimum absolute atomic E-state index is 0.133. The molecule has 1 aliphatic carbocycles. The number of hydrogen-bond donors (Lipinski definition) is 2. The Kier molecular flexibility index (Phi) is 4.77. The van der Waals surface area contributed by atoms with Gasteiger partial charge in [-0.05, 0) is 31.9 Å². The SMILES string of the molecule is CCCNC(c1cnccc1N)C1(OC)CCCC1. The fraction of sp³-hybridized carbons (Fsp3) is 0.667. The highest BCUT2D eigenvalue weighted by Gasteiger charge is 2.42. The van der Waals surface area contributed by atoms with Gasteiger partial charge in [-0.25, -0.2) is 0 Å². The number of hydrogen-bond acceptors (Lipinski definition) is 4. The summed E-state index contributed by atoms with van der Waals surface area (Å²) >= 11 is 0. The second-order valence-electron chi connectivity index (χ2n) is 5.37. The van der Waals surface area contributed by atoms with Crippen LogP contribution in [0.4, 0.5) is 5.69 Å². The van der Waals surface area contributed by atoms with Crippen molar-refractivity contribution < 1.29 is 4.74 Å². The van der Waals surface area contributed by atoms with E-state index in [1.807, 2.05) is 19.4 Å². The van der Waals surface area contributed by atoms with Crippen molar-refractivity contribution in [1.29, 1.82) is 0 Å². The van der Waals surface area contributed by atoms with E-state index in [0.29, 0.717) is 0 Å². The molecular formula is C15H25N3O. The lowest BCUT2D eigenvalue weighted by molar-refractivity contribution is -0.0366. The molecule has 4 heteroatoms. The Balaban J connectivity index is 2.32. The van der Waals surface area contributed by atoms with Gasteiger partial charge in [-0.2, -0.15) is 0 Å². The van der Waals surface area contributed by atoms with Crippen molar-refractivity contribution in [3.8, 4) is 0 Å². The molecule has 106 valence electrons. The van der Waals surface area contributed by atoms with Gasteiger partial charge in [0.05, 0.1) is 11.6 Å². The summed E-state index contributed by atoms with van der Waals surface area (Å²) < 4.78 is 5.92. The molecule has 2 rings (SSSR count). The summed E-state index contributed by atoms with van der Waals surface area (Å²) in [5.41, 5.74) is 7.87. The second kappa shape index (κ2) is 6.35. The summed E-state index contributed by atoms with van der Waals surface area (Å²) in [5, 5.41) is 3.62. The van der Waals surface area contributed by atoms with Crippen molar-refractivity contribution in [2.24, 2.45) is 0 Å². The Hall–Kier alpha value is -1.13. The maximum Gasteiger partial charge on any atom is 0.0873 e. The molecule has 0 aliphatic heterocycles. The maximum absolute atomic E-state index is 6.14. The highest BCUT2D eigenvalue weighted by atomic mass is 16.5. The molecule has 1 aliphatic rings. The molecule has 0 amide bonds. The molecule has 1 aromatic heterocycles. The van der Waals surface area contributed by atoms with Crippen LogP contribution in [0.1, 0.15) is 50.6 Å². The summed E-state index contributed by atoms with van der Waals surface area (Å²) in [7, 11) is 1.82. The first-order chi connectivity index (χ1) is 9.23. The number of nitrogens with one attached hydrogen (secondary N) is 1. The van der Waals surface area contributed by atoms with Crippen LogP contribution in [0.15, 0.2) is 18.5 Å². The van der Waals surface area contributed by atoms with E-state index in [0.717, 1.165) is 37.1 Å². The number of nitrogens with two attached hydrogens (primary N) is 1. The van der Waals surface area contributed by atoms with Crippen LogP contribution in [-0.2, 0) is 4.74 Å². The third kappa shape index (κ3) is 2.90. The molecule has 1 unspecified atom stereocenters. The Morgan fingerprint density at radius 1 is 1.47 bits per heavy atom. The molecule has 1 heterocycles. The summed E-state index contributed by atoms with van der Waals surface area (Å²) in [6, 6.07) is 2.00. The third-order valence-corrected chi connectivity index (χ3v) is 4.18. The molecule has 3 N–H and O–H groups in total. The molecule has 1 aromatic rings. The van der Waals surface area contributed by atoms with Crippen LogP contribution in [0.5, 0.6) is 0 Å². The van der Waals surface area contributed by atoms with Crippen molar-refractivity contribution in [3.63, 3.8) is 0 Å². The van der Waals surface area contributed by atoms with Crippen molar-refractivity contribution in [1.82, 2.24) is 10.3 Å². The van der Waals surface area contributed by atoms with Gasteiger partial charge in [0.2, 0.25) is 0 Å². The molecule has 0 aromatic carbocycles. The minimum Gasteiger partial charge on any atom is -0.398 e. The summed E-state index contributed by atoms with van der Waals surface area (Å²) in [5.74, 6) is 0. The van der Waals surface area contributed by atoms with Crippen LogP contribution in [0.3, 0.4) is 0 Å². The first kappa shape index (κ1) is 14.3. The van der Waals surface area contributed by atoms with Crippen LogP contribution in [0.2, 0.25) is 0 Å². The Bertz CT molecular complexity index is 402. The van der Waals surface area contributed by atoms with Crippen LogP contribution >= 0.6 is 0 Å². The van der Waals surface area contributed by atoms with Crippen LogP contribution in [0.25, 0.3) is 0 Å². The number of ether oxygens (including phenoxy) is 1. The normalized spacial score (nSPS) is 19.5. The average Bonchev–Trinajstić information content (AvgIpc) is 2.91. The predicted molar refractivity (Wildman–Crippen MR) is 77.9 cm³/mol. The summed E-state index contributed by atoms with van der Waals surface area (Å²) in [4.78, 5) is 4.24. The molecule has 1 fully saturated rings. The van der Waals surface area contributed by atoms with Gasteiger partial charge in [-0.1, -0.05) is 19.8 Å². The molecule has 0 radical (unpaired) electrons. The zero-order valence-electron chi connectivity index (χ0n) is 12.0. The van der Waals surface area contributed by atoms with Crippen molar-refractivity contribution in [3.05, 3.63) is 24.0 Å². The number of nitrogen functional groups attached to an aromatic ring is 1. The van der Waals surface area contributed by atoms with Crippen LogP contribution in [-0.4, -0.2) is 24.2 Å². The first-order valence-corrected chi connectivity index (χ1v) is 7.21. The highest BCUT2D eigenvalue weighted by molar-refractivity contribution is 5.47. The van der Waals surface area contributed by atoms with Gasteiger partial charge in [-0.15, -0.1) is 0 Å². The fourth-order valence-corrected chi connectivity index (χ4v) is 3.11. The molecule has 0 bridgehead atoms. The van der Waals surface area contributed by atoms with E-state index in [9.17, 15) is 0 Å². The molecule has 0 spiro atoms. The van der Waals surface area contributed by atoms with E-state index in [4.69, 9.17) is 10.5 Å². The van der Waals surface area contributed by atoms with Crippen molar-refractivity contribution in [2.75, 3.05) is 19.4 Å². The van der Waals surface area contributed by atoms with Gasteiger partial charge >= 0.3 is 0 Å². The maximum atomic E-state index is 6.14. The molecule has 4 nitrogen and oxygen atoms in total. The molecule has 19 heavy (non-hydrogen) atoms. The largest absolute Gasteiger partial charge is 0.398 e. The first-order valence-electron chi connectivity index (χ1n) is 7.21. The van der Waals surface area contributed by atoms with E-state index in [-0.39, 0.29) is 11.6 Å². The van der Waals surface area contributed by atoms with E-state index < -0.39 is 0 Å². The monoisotopic (exact) mass is 263 g/mol. The lowest BCUT2D eigenvalue weighted by Gasteiger charge is -2.37. The highest BCUT2D eigenvalue weighted by Crippen LogP contribution is 2.43.